The molecular weight excluding hydrogens is 454 g/mol. The summed E-state index contributed by atoms with van der Waals surface area (Å²) < 4.78 is 24.0. The van der Waals surface area contributed by atoms with Crippen LogP contribution in [0.3, 0.4) is 0 Å². The maximum Gasteiger partial charge on any atom is 0.325 e. The molecule has 0 radical (unpaired) electrons. The molecule has 8 nitrogen and oxygen atoms in total. The van der Waals surface area contributed by atoms with E-state index >= 15 is 0 Å². The third kappa shape index (κ3) is 4.20. The SMILES string of the molecule is O=C1N[C@@](Cc2ccccc2)(c2ccccc2)C(=O)N1CC(=O)N(C1CC1)[C@@H]1CCS(=O)(=O)C1. The molecular formula is C25H27N3O5S. The van der Waals surface area contributed by atoms with Gasteiger partial charge in [-0.2, -0.15) is 0 Å². The van der Waals surface area contributed by atoms with Crippen LogP contribution in [0.2, 0.25) is 0 Å². The summed E-state index contributed by atoms with van der Waals surface area (Å²) in [6.45, 7) is -0.402. The minimum atomic E-state index is -3.17. The van der Waals surface area contributed by atoms with E-state index in [1.807, 2.05) is 48.5 Å². The Labute approximate surface area is 198 Å². The summed E-state index contributed by atoms with van der Waals surface area (Å²) in [6.07, 6.45) is 2.27. The molecule has 3 fully saturated rings. The van der Waals surface area contributed by atoms with Crippen molar-refractivity contribution in [3.63, 3.8) is 0 Å². The van der Waals surface area contributed by atoms with Gasteiger partial charge in [-0.15, -0.1) is 0 Å². The normalized spacial score (nSPS) is 25.9. The van der Waals surface area contributed by atoms with E-state index in [-0.39, 0.29) is 29.9 Å². The highest BCUT2D eigenvalue weighted by molar-refractivity contribution is 7.91. The van der Waals surface area contributed by atoms with E-state index in [0.29, 0.717) is 12.0 Å². The van der Waals surface area contributed by atoms with E-state index in [0.717, 1.165) is 23.3 Å². The second-order valence-electron chi connectivity index (χ2n) is 9.34. The molecule has 1 N–H and O–H groups in total. The van der Waals surface area contributed by atoms with E-state index in [9.17, 15) is 22.8 Å². The first-order chi connectivity index (χ1) is 16.3. The first kappa shape index (κ1) is 22.6. The molecule has 2 aliphatic heterocycles. The standard InChI is InChI=1S/C25H27N3O5S/c29-22(28(20-11-12-20)21-13-14-34(32,33)17-21)16-27-23(30)25(26-24(27)31,19-9-5-2-6-10-19)15-18-7-3-1-4-8-18/h1-10,20-21H,11-17H2,(H,26,31)/t21-,25+/m1/s1. The fourth-order valence-electron chi connectivity index (χ4n) is 5.08. The summed E-state index contributed by atoms with van der Waals surface area (Å²) in [4.78, 5) is 42.8. The molecule has 178 valence electrons. The summed E-state index contributed by atoms with van der Waals surface area (Å²) in [6, 6.07) is 17.4. The van der Waals surface area contributed by atoms with Gasteiger partial charge in [0.05, 0.1) is 11.5 Å². The van der Waals surface area contributed by atoms with Gasteiger partial charge in [-0.25, -0.2) is 13.2 Å². The summed E-state index contributed by atoms with van der Waals surface area (Å²) >= 11 is 0. The fourth-order valence-corrected chi connectivity index (χ4v) is 6.79. The molecule has 0 bridgehead atoms. The fraction of sp³-hybridized carbons (Fsp3) is 0.400. The molecule has 0 aromatic heterocycles. The predicted molar refractivity (Wildman–Crippen MR) is 125 cm³/mol. The monoisotopic (exact) mass is 481 g/mol. The number of carbonyl (C=O) groups is 3. The molecule has 2 saturated heterocycles. The first-order valence-corrected chi connectivity index (χ1v) is 13.4. The second kappa shape index (κ2) is 8.54. The van der Waals surface area contributed by atoms with Crippen LogP contribution in [-0.2, 0) is 31.4 Å². The van der Waals surface area contributed by atoms with Crippen molar-refractivity contribution >= 4 is 27.7 Å². The topological polar surface area (TPSA) is 104 Å². The van der Waals surface area contributed by atoms with Crippen LogP contribution in [0, 0.1) is 0 Å². The lowest BCUT2D eigenvalue weighted by Gasteiger charge is -2.30. The Bertz CT molecular complexity index is 1210. The minimum absolute atomic E-state index is 0.0187. The molecule has 2 heterocycles. The Morgan fingerprint density at radius 2 is 1.62 bits per heavy atom. The van der Waals surface area contributed by atoms with Crippen LogP contribution in [0.5, 0.6) is 0 Å². The van der Waals surface area contributed by atoms with E-state index < -0.39 is 39.9 Å². The van der Waals surface area contributed by atoms with Crippen molar-refractivity contribution in [3.8, 4) is 0 Å². The maximum absolute atomic E-state index is 13.8. The zero-order chi connectivity index (χ0) is 23.9. The smallest absolute Gasteiger partial charge is 0.325 e. The molecule has 3 aliphatic rings. The average Bonchev–Trinajstić information content (AvgIpc) is 3.55. The molecule has 0 spiro atoms. The Hall–Kier alpha value is -3.20. The highest BCUT2D eigenvalue weighted by Gasteiger charge is 2.53. The number of rotatable bonds is 7. The highest BCUT2D eigenvalue weighted by Crippen LogP contribution is 2.35. The molecule has 1 aliphatic carbocycles. The summed E-state index contributed by atoms with van der Waals surface area (Å²) in [7, 11) is -3.17. The van der Waals surface area contributed by atoms with Crippen molar-refractivity contribution in [1.29, 1.82) is 0 Å². The number of urea groups is 1. The number of hydrogen-bond donors (Lipinski definition) is 1. The average molecular weight is 482 g/mol. The molecule has 2 atom stereocenters. The third-order valence-corrected chi connectivity index (χ3v) is 8.63. The van der Waals surface area contributed by atoms with Gasteiger partial charge in [0.2, 0.25) is 5.91 Å². The zero-order valence-electron chi connectivity index (χ0n) is 18.7. The summed E-state index contributed by atoms with van der Waals surface area (Å²) in [5.41, 5.74) is 0.207. The number of amides is 4. The molecule has 34 heavy (non-hydrogen) atoms. The van der Waals surface area contributed by atoms with Crippen molar-refractivity contribution < 1.29 is 22.8 Å². The Kier molecular flexibility index (Phi) is 5.67. The Morgan fingerprint density at radius 3 is 2.21 bits per heavy atom. The molecule has 4 amide bonds. The largest absolute Gasteiger partial charge is 0.334 e. The quantitative estimate of drug-likeness (QED) is 0.608. The van der Waals surface area contributed by atoms with Crippen LogP contribution in [0.4, 0.5) is 4.79 Å². The number of benzene rings is 2. The number of imide groups is 1. The van der Waals surface area contributed by atoms with Crippen LogP contribution in [-0.4, -0.2) is 66.2 Å². The van der Waals surface area contributed by atoms with Gasteiger partial charge >= 0.3 is 6.03 Å². The molecule has 9 heteroatoms. The lowest BCUT2D eigenvalue weighted by molar-refractivity contribution is -0.140. The number of nitrogens with zero attached hydrogens (tertiary/aromatic N) is 2. The molecule has 2 aromatic carbocycles. The van der Waals surface area contributed by atoms with Crippen molar-refractivity contribution in [2.24, 2.45) is 0 Å². The maximum atomic E-state index is 13.8. The van der Waals surface area contributed by atoms with Crippen LogP contribution < -0.4 is 5.32 Å². The first-order valence-electron chi connectivity index (χ1n) is 11.5. The molecule has 0 unspecified atom stereocenters. The van der Waals surface area contributed by atoms with Crippen LogP contribution in [0.15, 0.2) is 60.7 Å². The van der Waals surface area contributed by atoms with Gasteiger partial charge in [-0.1, -0.05) is 60.7 Å². The van der Waals surface area contributed by atoms with Gasteiger partial charge < -0.3 is 10.2 Å². The van der Waals surface area contributed by atoms with E-state index in [1.54, 1.807) is 17.0 Å². The van der Waals surface area contributed by atoms with Crippen molar-refractivity contribution in [2.45, 2.75) is 43.3 Å². The van der Waals surface area contributed by atoms with Crippen LogP contribution >= 0.6 is 0 Å². The van der Waals surface area contributed by atoms with Gasteiger partial charge in [-0.3, -0.25) is 14.5 Å². The summed E-state index contributed by atoms with van der Waals surface area (Å²) in [5.74, 6) is -0.851. The number of carbonyl (C=O) groups excluding carboxylic acids is 3. The third-order valence-electron chi connectivity index (χ3n) is 6.88. The summed E-state index contributed by atoms with van der Waals surface area (Å²) in [5, 5.41) is 2.87. The molecule has 1 saturated carbocycles. The van der Waals surface area contributed by atoms with Crippen molar-refractivity contribution in [3.05, 3.63) is 71.8 Å². The second-order valence-corrected chi connectivity index (χ2v) is 11.6. The number of sulfone groups is 1. The molecule has 2 aromatic rings. The predicted octanol–water partition coefficient (Wildman–Crippen LogP) is 1.85. The van der Waals surface area contributed by atoms with Gasteiger partial charge in [0.1, 0.15) is 6.54 Å². The van der Waals surface area contributed by atoms with Gasteiger partial charge in [0, 0.05) is 18.5 Å². The van der Waals surface area contributed by atoms with E-state index in [2.05, 4.69) is 5.32 Å². The highest BCUT2D eigenvalue weighted by atomic mass is 32.2. The number of hydrogen-bond acceptors (Lipinski definition) is 5. The molecule has 5 rings (SSSR count). The van der Waals surface area contributed by atoms with E-state index in [1.165, 1.54) is 0 Å². The zero-order valence-corrected chi connectivity index (χ0v) is 19.5. The minimum Gasteiger partial charge on any atom is -0.334 e. The van der Waals surface area contributed by atoms with Crippen molar-refractivity contribution in [1.82, 2.24) is 15.1 Å². The van der Waals surface area contributed by atoms with Crippen LogP contribution in [0.25, 0.3) is 0 Å². The van der Waals surface area contributed by atoms with Gasteiger partial charge in [0.15, 0.2) is 15.4 Å². The van der Waals surface area contributed by atoms with Gasteiger partial charge in [-0.05, 0) is 30.4 Å². The van der Waals surface area contributed by atoms with Gasteiger partial charge in [0.25, 0.3) is 5.91 Å². The Morgan fingerprint density at radius 1 is 0.971 bits per heavy atom. The lowest BCUT2D eigenvalue weighted by Crippen LogP contribution is -2.50. The van der Waals surface area contributed by atoms with Crippen LogP contribution in [0.1, 0.15) is 30.4 Å². The van der Waals surface area contributed by atoms with Crippen molar-refractivity contribution in [2.75, 3.05) is 18.1 Å². The Balaban J connectivity index is 1.42. The number of nitrogens with one attached hydrogen (secondary N) is 1. The lowest BCUT2D eigenvalue weighted by atomic mass is 9.83. The van der Waals surface area contributed by atoms with E-state index in [4.69, 9.17) is 0 Å².